The molecule has 0 aliphatic heterocycles. The number of rotatable bonds is 16. The monoisotopic (exact) mass is 599 g/mol. The van der Waals surface area contributed by atoms with Crippen LogP contribution in [0.1, 0.15) is 40.0 Å². The predicted octanol–water partition coefficient (Wildman–Crippen LogP) is -0.971. The number of methoxy groups -OCH3 is 1. The van der Waals surface area contributed by atoms with Crippen molar-refractivity contribution in [1.29, 1.82) is 0 Å². The van der Waals surface area contributed by atoms with E-state index in [0.29, 0.717) is 21.1 Å². The molecule has 0 amide bonds. The van der Waals surface area contributed by atoms with Crippen molar-refractivity contribution in [2.45, 2.75) is 78.0 Å². The molecule has 0 bridgehead atoms. The molecule has 15 heteroatoms. The fourth-order valence-corrected chi connectivity index (χ4v) is 2.93. The third-order valence-corrected chi connectivity index (χ3v) is 5.45. The van der Waals surface area contributed by atoms with E-state index >= 15 is 0 Å². The summed E-state index contributed by atoms with van der Waals surface area (Å²) in [5, 5.41) is 29.0. The van der Waals surface area contributed by atoms with Crippen molar-refractivity contribution < 1.29 is 43.9 Å². The van der Waals surface area contributed by atoms with Gasteiger partial charge in [0.15, 0.2) is 0 Å². The molecule has 0 saturated carbocycles. The maximum atomic E-state index is 12.6. The SMILES string of the molecule is C=C(C)C(=O)OCC(O)CC.C=CCn1c(=O)n(CC(O)CC)c(=O)n(CC(O)COC(=O)CC(=C)C(=O)OC)c1=O. The van der Waals surface area contributed by atoms with Crippen molar-refractivity contribution in [2.24, 2.45) is 0 Å². The van der Waals surface area contributed by atoms with Gasteiger partial charge in [0.25, 0.3) is 0 Å². The van der Waals surface area contributed by atoms with E-state index in [1.165, 1.54) is 6.08 Å². The maximum absolute atomic E-state index is 12.6. The number of allylic oxidation sites excluding steroid dienone is 1. The Hall–Kier alpha value is -4.08. The molecule has 0 aliphatic carbocycles. The Labute approximate surface area is 242 Å². The summed E-state index contributed by atoms with van der Waals surface area (Å²) in [5.74, 6) is -2.11. The standard InChI is InChI=1S/C19H27N3O9.C8H14O3/c1-5-7-20-17(27)21(9-13(23)6-2)19(29)22(18(20)28)10-14(24)11-31-15(25)8-12(3)16(26)30-4;1-4-7(9)5-11-8(10)6(2)3/h5,13-14,23-24H,1,3,6-11H2,2,4H3;7,9H,2,4-5H2,1,3H3. The van der Waals surface area contributed by atoms with Gasteiger partial charge >= 0.3 is 35.0 Å². The lowest BCUT2D eigenvalue weighted by Crippen LogP contribution is -2.56. The molecule has 0 aliphatic rings. The zero-order chi connectivity index (χ0) is 32.6. The van der Waals surface area contributed by atoms with Gasteiger partial charge in [-0.15, -0.1) is 6.58 Å². The lowest BCUT2D eigenvalue weighted by molar-refractivity contribution is -0.148. The van der Waals surface area contributed by atoms with Crippen LogP contribution in [0.2, 0.25) is 0 Å². The Bertz CT molecular complexity index is 1290. The number of aliphatic hydroxyl groups is 3. The first-order valence-corrected chi connectivity index (χ1v) is 13.0. The third-order valence-electron chi connectivity index (χ3n) is 5.45. The molecule has 236 valence electrons. The predicted molar refractivity (Wildman–Crippen MR) is 151 cm³/mol. The zero-order valence-electron chi connectivity index (χ0n) is 24.4. The van der Waals surface area contributed by atoms with Crippen molar-refractivity contribution >= 4 is 17.9 Å². The van der Waals surface area contributed by atoms with Crippen LogP contribution in [-0.4, -0.2) is 85.6 Å². The normalized spacial score (nSPS) is 12.5. The zero-order valence-corrected chi connectivity index (χ0v) is 24.4. The lowest BCUT2D eigenvalue weighted by atomic mass is 10.2. The fourth-order valence-electron chi connectivity index (χ4n) is 2.93. The van der Waals surface area contributed by atoms with Crippen LogP contribution in [-0.2, 0) is 48.2 Å². The smallest absolute Gasteiger partial charge is 0.336 e. The van der Waals surface area contributed by atoms with Gasteiger partial charge in [0.2, 0.25) is 0 Å². The van der Waals surface area contributed by atoms with E-state index in [4.69, 9.17) is 9.84 Å². The number of esters is 3. The maximum Gasteiger partial charge on any atom is 0.336 e. The van der Waals surface area contributed by atoms with E-state index < -0.39 is 72.9 Å². The number of hydrogen-bond acceptors (Lipinski definition) is 12. The van der Waals surface area contributed by atoms with E-state index in [9.17, 15) is 39.0 Å². The molecule has 0 fully saturated rings. The molecular weight excluding hydrogens is 558 g/mol. The molecule has 15 nitrogen and oxygen atoms in total. The molecule has 0 saturated heterocycles. The minimum atomic E-state index is -1.47. The Morgan fingerprint density at radius 3 is 1.74 bits per heavy atom. The molecule has 0 spiro atoms. The van der Waals surface area contributed by atoms with Crippen LogP contribution < -0.4 is 17.1 Å². The van der Waals surface area contributed by atoms with E-state index in [2.05, 4.69) is 29.2 Å². The van der Waals surface area contributed by atoms with Crippen LogP contribution in [0, 0.1) is 0 Å². The van der Waals surface area contributed by atoms with E-state index in [1.54, 1.807) is 13.8 Å². The Morgan fingerprint density at radius 2 is 1.29 bits per heavy atom. The van der Waals surface area contributed by atoms with Crippen molar-refractivity contribution in [1.82, 2.24) is 13.7 Å². The molecule has 3 unspecified atom stereocenters. The molecule has 0 radical (unpaired) electrons. The summed E-state index contributed by atoms with van der Waals surface area (Å²) in [4.78, 5) is 71.4. The topological polar surface area (TPSA) is 206 Å². The van der Waals surface area contributed by atoms with Crippen molar-refractivity contribution in [3.8, 4) is 0 Å². The Kier molecular flexibility index (Phi) is 17.3. The second-order valence-corrected chi connectivity index (χ2v) is 9.08. The van der Waals surface area contributed by atoms with Gasteiger partial charge in [0.1, 0.15) is 19.3 Å². The molecule has 0 aromatic carbocycles. The van der Waals surface area contributed by atoms with Crippen LogP contribution >= 0.6 is 0 Å². The van der Waals surface area contributed by atoms with Gasteiger partial charge in [-0.3, -0.25) is 4.79 Å². The Balaban J connectivity index is 0.00000129. The van der Waals surface area contributed by atoms with Crippen molar-refractivity contribution in [2.75, 3.05) is 20.3 Å². The number of aromatic nitrogens is 3. The number of hydrogen-bond donors (Lipinski definition) is 3. The van der Waals surface area contributed by atoms with Crippen LogP contribution in [0.25, 0.3) is 0 Å². The summed E-state index contributed by atoms with van der Waals surface area (Å²) in [7, 11) is 1.12. The van der Waals surface area contributed by atoms with Crippen molar-refractivity contribution in [3.63, 3.8) is 0 Å². The van der Waals surface area contributed by atoms with Gasteiger partial charge in [-0.25, -0.2) is 37.7 Å². The van der Waals surface area contributed by atoms with Crippen LogP contribution in [0.15, 0.2) is 51.3 Å². The van der Waals surface area contributed by atoms with Crippen LogP contribution in [0.5, 0.6) is 0 Å². The first-order chi connectivity index (χ1) is 19.6. The van der Waals surface area contributed by atoms with Crippen LogP contribution in [0.4, 0.5) is 0 Å². The molecule has 1 aromatic rings. The number of aliphatic hydroxyl groups excluding tert-OH is 3. The third kappa shape index (κ3) is 12.6. The quantitative estimate of drug-likeness (QED) is 0.0908. The number of carbonyl (C=O) groups excluding carboxylic acids is 3. The highest BCUT2D eigenvalue weighted by Crippen LogP contribution is 2.03. The molecule has 42 heavy (non-hydrogen) atoms. The minimum Gasteiger partial charge on any atom is -0.466 e. The van der Waals surface area contributed by atoms with Gasteiger partial charge in [-0.05, 0) is 19.8 Å². The highest BCUT2D eigenvalue weighted by Gasteiger charge is 2.20. The summed E-state index contributed by atoms with van der Waals surface area (Å²) < 4.78 is 15.9. The Morgan fingerprint density at radius 1 is 0.810 bits per heavy atom. The second kappa shape index (κ2) is 19.1. The molecular formula is C27H41N3O12. The number of nitrogens with zero attached hydrogens (tertiary/aromatic N) is 3. The highest BCUT2D eigenvalue weighted by molar-refractivity contribution is 5.93. The fraction of sp³-hybridized carbons (Fsp3) is 0.556. The molecule has 1 aromatic heterocycles. The molecule has 1 rings (SSSR count). The first kappa shape index (κ1) is 37.9. The van der Waals surface area contributed by atoms with Gasteiger partial charge in [0, 0.05) is 11.1 Å². The average molecular weight is 600 g/mol. The van der Waals surface area contributed by atoms with Gasteiger partial charge in [0.05, 0.1) is 45.4 Å². The average Bonchev–Trinajstić information content (AvgIpc) is 2.96. The summed E-state index contributed by atoms with van der Waals surface area (Å²) >= 11 is 0. The summed E-state index contributed by atoms with van der Waals surface area (Å²) in [6.07, 6.45) is -1.36. The number of ether oxygens (including phenoxy) is 3. The molecule has 3 atom stereocenters. The highest BCUT2D eigenvalue weighted by atomic mass is 16.5. The first-order valence-electron chi connectivity index (χ1n) is 13.0. The molecule has 1 heterocycles. The van der Waals surface area contributed by atoms with Crippen LogP contribution in [0.3, 0.4) is 0 Å². The second-order valence-electron chi connectivity index (χ2n) is 9.08. The van der Waals surface area contributed by atoms with Gasteiger partial charge in [-0.1, -0.05) is 33.1 Å². The van der Waals surface area contributed by atoms with Crippen molar-refractivity contribution in [3.05, 3.63) is 68.4 Å². The van der Waals surface area contributed by atoms with Gasteiger partial charge < -0.3 is 29.5 Å². The lowest BCUT2D eigenvalue weighted by Gasteiger charge is -2.17. The largest absolute Gasteiger partial charge is 0.466 e. The molecule has 3 N–H and O–H groups in total. The van der Waals surface area contributed by atoms with E-state index in [0.717, 1.165) is 11.7 Å². The summed E-state index contributed by atoms with van der Waals surface area (Å²) in [6.45, 7) is 13.6. The number of carbonyl (C=O) groups is 3. The summed E-state index contributed by atoms with van der Waals surface area (Å²) in [5.41, 5.74) is -2.71. The van der Waals surface area contributed by atoms with Gasteiger partial charge in [-0.2, -0.15) is 0 Å². The van der Waals surface area contributed by atoms with E-state index in [-0.39, 0.29) is 31.7 Å². The minimum absolute atomic E-state index is 0.0577. The van der Waals surface area contributed by atoms with E-state index in [1.807, 2.05) is 6.92 Å². The summed E-state index contributed by atoms with van der Waals surface area (Å²) in [6, 6.07) is 0.